The SMILES string of the molecule is CC(O)(Cc1cccc(O)c1)c1ccccc1F. The van der Waals surface area contributed by atoms with Crippen LogP contribution in [0, 0.1) is 5.82 Å². The van der Waals surface area contributed by atoms with Gasteiger partial charge in [0.1, 0.15) is 11.6 Å². The maximum absolute atomic E-state index is 13.7. The normalized spacial score (nSPS) is 14.2. The molecule has 2 N–H and O–H groups in total. The van der Waals surface area contributed by atoms with Crippen molar-refractivity contribution in [2.45, 2.75) is 18.9 Å². The number of benzene rings is 2. The second-order valence-corrected chi connectivity index (χ2v) is 4.60. The minimum atomic E-state index is -1.31. The molecule has 0 aromatic heterocycles. The summed E-state index contributed by atoms with van der Waals surface area (Å²) in [6.45, 7) is 1.56. The van der Waals surface area contributed by atoms with Crippen LogP contribution in [-0.2, 0) is 12.0 Å². The van der Waals surface area contributed by atoms with Gasteiger partial charge in [-0.1, -0.05) is 30.3 Å². The Morgan fingerprint density at radius 1 is 1.11 bits per heavy atom. The van der Waals surface area contributed by atoms with Gasteiger partial charge in [0.15, 0.2) is 0 Å². The molecule has 2 rings (SSSR count). The summed E-state index contributed by atoms with van der Waals surface area (Å²) in [6.07, 6.45) is 0.238. The Morgan fingerprint density at radius 3 is 2.50 bits per heavy atom. The Bertz CT molecular complexity index is 550. The monoisotopic (exact) mass is 246 g/mol. The van der Waals surface area contributed by atoms with Gasteiger partial charge in [-0.15, -0.1) is 0 Å². The highest BCUT2D eigenvalue weighted by molar-refractivity contribution is 5.31. The van der Waals surface area contributed by atoms with Crippen molar-refractivity contribution in [2.75, 3.05) is 0 Å². The quantitative estimate of drug-likeness (QED) is 0.874. The largest absolute Gasteiger partial charge is 0.508 e. The minimum absolute atomic E-state index is 0.136. The summed E-state index contributed by atoms with van der Waals surface area (Å²) in [5.74, 6) is -0.292. The molecule has 0 aliphatic rings. The molecule has 0 aliphatic carbocycles. The number of hydrogen-bond donors (Lipinski definition) is 2. The summed E-state index contributed by atoms with van der Waals surface area (Å²) in [7, 11) is 0. The third-order valence-electron chi connectivity index (χ3n) is 2.91. The van der Waals surface area contributed by atoms with E-state index in [9.17, 15) is 14.6 Å². The summed E-state index contributed by atoms with van der Waals surface area (Å²) in [4.78, 5) is 0. The second kappa shape index (κ2) is 4.78. The topological polar surface area (TPSA) is 40.5 Å². The van der Waals surface area contributed by atoms with Gasteiger partial charge in [0.05, 0.1) is 5.60 Å². The van der Waals surface area contributed by atoms with E-state index in [0.29, 0.717) is 0 Å². The zero-order chi connectivity index (χ0) is 13.2. The maximum atomic E-state index is 13.7. The molecular weight excluding hydrogens is 231 g/mol. The van der Waals surface area contributed by atoms with Crippen molar-refractivity contribution in [3.63, 3.8) is 0 Å². The van der Waals surface area contributed by atoms with Gasteiger partial charge < -0.3 is 10.2 Å². The Morgan fingerprint density at radius 2 is 1.83 bits per heavy atom. The van der Waals surface area contributed by atoms with E-state index < -0.39 is 11.4 Å². The Labute approximate surface area is 105 Å². The molecule has 0 bridgehead atoms. The van der Waals surface area contributed by atoms with Crippen molar-refractivity contribution >= 4 is 0 Å². The van der Waals surface area contributed by atoms with E-state index in [0.717, 1.165) is 5.56 Å². The van der Waals surface area contributed by atoms with Gasteiger partial charge in [-0.25, -0.2) is 4.39 Å². The van der Waals surface area contributed by atoms with E-state index in [2.05, 4.69) is 0 Å². The van der Waals surface area contributed by atoms with Crippen LogP contribution in [0.2, 0.25) is 0 Å². The number of hydrogen-bond acceptors (Lipinski definition) is 2. The van der Waals surface area contributed by atoms with Crippen LogP contribution in [0.4, 0.5) is 4.39 Å². The number of halogens is 1. The molecule has 0 spiro atoms. The van der Waals surface area contributed by atoms with Crippen molar-refractivity contribution in [1.29, 1.82) is 0 Å². The molecule has 2 aromatic carbocycles. The predicted octanol–water partition coefficient (Wildman–Crippen LogP) is 2.98. The van der Waals surface area contributed by atoms with Gasteiger partial charge in [-0.2, -0.15) is 0 Å². The summed E-state index contributed by atoms with van der Waals surface area (Å²) in [6, 6.07) is 12.8. The first-order chi connectivity index (χ1) is 8.49. The number of rotatable bonds is 3. The summed E-state index contributed by atoms with van der Waals surface area (Å²) < 4.78 is 13.7. The van der Waals surface area contributed by atoms with Crippen molar-refractivity contribution in [3.05, 3.63) is 65.5 Å². The van der Waals surface area contributed by atoms with Crippen LogP contribution in [0.1, 0.15) is 18.1 Å². The Balaban J connectivity index is 2.30. The lowest BCUT2D eigenvalue weighted by atomic mass is 9.88. The van der Waals surface area contributed by atoms with Gasteiger partial charge in [0, 0.05) is 12.0 Å². The van der Waals surface area contributed by atoms with Crippen LogP contribution >= 0.6 is 0 Å². The van der Waals surface area contributed by atoms with Crippen LogP contribution in [0.15, 0.2) is 48.5 Å². The van der Waals surface area contributed by atoms with Crippen LogP contribution in [0.25, 0.3) is 0 Å². The van der Waals surface area contributed by atoms with E-state index in [-0.39, 0.29) is 17.7 Å². The molecule has 0 fully saturated rings. The van der Waals surface area contributed by atoms with Crippen molar-refractivity contribution in [3.8, 4) is 5.75 Å². The van der Waals surface area contributed by atoms with Gasteiger partial charge >= 0.3 is 0 Å². The van der Waals surface area contributed by atoms with Crippen LogP contribution in [-0.4, -0.2) is 10.2 Å². The molecule has 18 heavy (non-hydrogen) atoms. The third kappa shape index (κ3) is 2.68. The average Bonchev–Trinajstić information content (AvgIpc) is 2.28. The smallest absolute Gasteiger partial charge is 0.129 e. The molecule has 0 saturated carbocycles. The number of aromatic hydroxyl groups is 1. The standard InChI is InChI=1S/C15H15FO2/c1-15(18,13-7-2-3-8-14(13)16)10-11-5-4-6-12(17)9-11/h2-9,17-18H,10H2,1H3. The molecule has 0 heterocycles. The van der Waals surface area contributed by atoms with Gasteiger partial charge in [0.2, 0.25) is 0 Å². The van der Waals surface area contributed by atoms with E-state index in [1.807, 2.05) is 0 Å². The van der Waals surface area contributed by atoms with Gasteiger partial charge in [-0.05, 0) is 30.7 Å². The lowest BCUT2D eigenvalue weighted by Crippen LogP contribution is -2.25. The molecule has 2 nitrogen and oxygen atoms in total. The highest BCUT2D eigenvalue weighted by Crippen LogP contribution is 2.28. The fourth-order valence-corrected chi connectivity index (χ4v) is 2.06. The molecule has 3 heteroatoms. The van der Waals surface area contributed by atoms with E-state index in [1.54, 1.807) is 49.4 Å². The summed E-state index contributed by atoms with van der Waals surface area (Å²) in [5, 5.41) is 19.8. The first kappa shape index (κ1) is 12.6. The number of phenolic OH excluding ortho intramolecular Hbond substituents is 1. The predicted molar refractivity (Wildman–Crippen MR) is 67.8 cm³/mol. The average molecular weight is 246 g/mol. The third-order valence-corrected chi connectivity index (χ3v) is 2.91. The first-order valence-electron chi connectivity index (χ1n) is 5.74. The van der Waals surface area contributed by atoms with E-state index in [1.165, 1.54) is 6.07 Å². The molecule has 1 atom stereocenters. The molecule has 0 aliphatic heterocycles. The van der Waals surface area contributed by atoms with Gasteiger partial charge in [0.25, 0.3) is 0 Å². The zero-order valence-corrected chi connectivity index (χ0v) is 10.1. The Hall–Kier alpha value is -1.87. The first-order valence-corrected chi connectivity index (χ1v) is 5.74. The highest BCUT2D eigenvalue weighted by Gasteiger charge is 2.26. The van der Waals surface area contributed by atoms with E-state index >= 15 is 0 Å². The molecule has 0 radical (unpaired) electrons. The molecule has 0 saturated heterocycles. The lowest BCUT2D eigenvalue weighted by molar-refractivity contribution is 0.0538. The molecule has 1 unspecified atom stereocenters. The summed E-state index contributed by atoms with van der Waals surface area (Å²) >= 11 is 0. The molecular formula is C15H15FO2. The van der Waals surface area contributed by atoms with Crippen molar-refractivity contribution in [2.24, 2.45) is 0 Å². The maximum Gasteiger partial charge on any atom is 0.129 e. The fourth-order valence-electron chi connectivity index (χ4n) is 2.06. The number of phenols is 1. The van der Waals surface area contributed by atoms with Crippen LogP contribution in [0.5, 0.6) is 5.75 Å². The second-order valence-electron chi connectivity index (χ2n) is 4.60. The summed E-state index contributed by atoms with van der Waals surface area (Å²) in [5.41, 5.74) is -0.296. The number of aliphatic hydroxyl groups is 1. The van der Waals surface area contributed by atoms with Crippen LogP contribution in [0.3, 0.4) is 0 Å². The van der Waals surface area contributed by atoms with Crippen LogP contribution < -0.4 is 0 Å². The molecule has 94 valence electrons. The fraction of sp³-hybridized carbons (Fsp3) is 0.200. The minimum Gasteiger partial charge on any atom is -0.508 e. The van der Waals surface area contributed by atoms with Crippen molar-refractivity contribution < 1.29 is 14.6 Å². The van der Waals surface area contributed by atoms with Crippen molar-refractivity contribution in [1.82, 2.24) is 0 Å². The lowest BCUT2D eigenvalue weighted by Gasteiger charge is -2.24. The Kier molecular flexibility index (Phi) is 3.34. The highest BCUT2D eigenvalue weighted by atomic mass is 19.1. The van der Waals surface area contributed by atoms with Gasteiger partial charge in [-0.3, -0.25) is 0 Å². The molecule has 2 aromatic rings. The van der Waals surface area contributed by atoms with E-state index in [4.69, 9.17) is 0 Å². The molecule has 0 amide bonds. The zero-order valence-electron chi connectivity index (χ0n) is 10.1.